The van der Waals surface area contributed by atoms with Gasteiger partial charge in [0.2, 0.25) is 11.8 Å². The van der Waals surface area contributed by atoms with Crippen LogP contribution >= 0.6 is 0 Å². The molecule has 0 aromatic carbocycles. The van der Waals surface area contributed by atoms with Gasteiger partial charge in [0.15, 0.2) is 0 Å². The number of fused-ring (bicyclic) bond motifs is 1. The summed E-state index contributed by atoms with van der Waals surface area (Å²) in [6.45, 7) is 0.863. The molecule has 15 heteroatoms. The number of nitrogens with one attached hydrogen (secondary N) is 1. The Morgan fingerprint density at radius 1 is 1.20 bits per heavy atom. The summed E-state index contributed by atoms with van der Waals surface area (Å²) in [7, 11) is 0. The number of pyridine rings is 1. The van der Waals surface area contributed by atoms with Gasteiger partial charge in [-0.15, -0.1) is 5.06 Å². The van der Waals surface area contributed by atoms with Gasteiger partial charge in [-0.05, 0) is 25.0 Å². The van der Waals surface area contributed by atoms with Crippen LogP contribution in [0.1, 0.15) is 60.6 Å². The average molecular weight is 561 g/mol. The maximum Gasteiger partial charge on any atom is 0.333 e. The first-order valence-corrected chi connectivity index (χ1v) is 12.6. The van der Waals surface area contributed by atoms with Crippen LogP contribution < -0.4 is 5.32 Å². The van der Waals surface area contributed by atoms with Crippen LogP contribution in [0.15, 0.2) is 12.3 Å². The molecular weight excluding hydrogens is 534 g/mol. The number of hydroxylamine groups is 2. The van der Waals surface area contributed by atoms with E-state index >= 15 is 0 Å². The molecule has 0 bridgehead atoms. The van der Waals surface area contributed by atoms with Crippen molar-refractivity contribution in [3.8, 4) is 6.07 Å². The molecule has 2 atom stereocenters. The van der Waals surface area contributed by atoms with E-state index in [1.807, 2.05) is 0 Å². The summed E-state index contributed by atoms with van der Waals surface area (Å²) >= 11 is 0. The predicted molar refractivity (Wildman–Crippen MR) is 127 cm³/mol. The normalized spacial score (nSPS) is 20.6. The first-order chi connectivity index (χ1) is 18.9. The number of hydrogen-bond acceptors (Lipinski definition) is 9. The van der Waals surface area contributed by atoms with Crippen LogP contribution in [0.4, 0.5) is 8.78 Å². The number of likely N-dealkylation sites (tertiary alicyclic amines) is 1. The largest absolute Gasteiger partial charge is 0.340 e. The van der Waals surface area contributed by atoms with E-state index in [4.69, 9.17) is 10.1 Å². The summed E-state index contributed by atoms with van der Waals surface area (Å²) in [4.78, 5) is 84.3. The number of rotatable bonds is 7. The molecule has 13 nitrogen and oxygen atoms in total. The molecular formula is C25H26F2N6O7. The number of nitriles is 1. The van der Waals surface area contributed by atoms with Crippen molar-refractivity contribution in [2.75, 3.05) is 13.1 Å². The third kappa shape index (κ3) is 6.22. The number of carbonyl (C=O) groups is 6. The standard InChI is InChI=1S/C25H26F2N6O7/c1-14(24(39)32-13-25(26,27)9-17(32)10-28)30-23(38)16-8-15-6-7-31(12-18(15)29-11-16)19(34)4-5-22(37)40-33-20(35)2-3-21(33)36/h8,11,14,17H,2-7,9,12-13H2,1H3,(H,30,38)/t14-,17+/m1/s1. The molecule has 212 valence electrons. The highest BCUT2D eigenvalue weighted by atomic mass is 19.3. The molecule has 3 aliphatic rings. The Balaban J connectivity index is 1.29. The van der Waals surface area contributed by atoms with Crippen molar-refractivity contribution in [2.24, 2.45) is 0 Å². The molecule has 1 aromatic heterocycles. The second-order valence-corrected chi connectivity index (χ2v) is 9.81. The lowest BCUT2D eigenvalue weighted by atomic mass is 10.0. The third-order valence-corrected chi connectivity index (χ3v) is 6.83. The molecule has 4 rings (SSSR count). The number of amides is 5. The lowest BCUT2D eigenvalue weighted by molar-refractivity contribution is -0.197. The van der Waals surface area contributed by atoms with Gasteiger partial charge in [-0.2, -0.15) is 5.26 Å². The summed E-state index contributed by atoms with van der Waals surface area (Å²) in [5.74, 6) is -7.07. The quantitative estimate of drug-likeness (QED) is 0.459. The number of alkyl halides is 2. The first kappa shape index (κ1) is 28.5. The van der Waals surface area contributed by atoms with Crippen molar-refractivity contribution >= 4 is 35.5 Å². The molecule has 0 saturated carbocycles. The zero-order chi connectivity index (χ0) is 29.2. The van der Waals surface area contributed by atoms with Gasteiger partial charge in [-0.25, -0.2) is 13.6 Å². The second kappa shape index (κ2) is 11.3. The van der Waals surface area contributed by atoms with Crippen molar-refractivity contribution in [2.45, 2.75) is 70.0 Å². The molecule has 0 spiro atoms. The summed E-state index contributed by atoms with van der Waals surface area (Å²) in [6.07, 6.45) is 0.276. The number of nitrogens with zero attached hydrogens (tertiary/aromatic N) is 5. The molecule has 5 amide bonds. The number of imide groups is 1. The summed E-state index contributed by atoms with van der Waals surface area (Å²) in [6, 6.07) is 0.828. The Hall–Kier alpha value is -4.48. The molecule has 40 heavy (non-hydrogen) atoms. The highest BCUT2D eigenvalue weighted by molar-refractivity contribution is 6.01. The fourth-order valence-corrected chi connectivity index (χ4v) is 4.68. The van der Waals surface area contributed by atoms with E-state index in [1.54, 1.807) is 12.1 Å². The van der Waals surface area contributed by atoms with E-state index in [0.717, 1.165) is 4.90 Å². The van der Waals surface area contributed by atoms with Gasteiger partial charge in [0.05, 0.1) is 36.8 Å². The molecule has 2 fully saturated rings. The van der Waals surface area contributed by atoms with Crippen molar-refractivity contribution in [3.63, 3.8) is 0 Å². The average Bonchev–Trinajstić information content (AvgIpc) is 3.42. The zero-order valence-electron chi connectivity index (χ0n) is 21.5. The molecule has 0 aliphatic carbocycles. The van der Waals surface area contributed by atoms with Gasteiger partial charge in [0, 0.05) is 38.4 Å². The Bertz CT molecular complexity index is 1300. The van der Waals surface area contributed by atoms with Gasteiger partial charge in [-0.1, -0.05) is 0 Å². The molecule has 4 heterocycles. The number of aromatic nitrogens is 1. The van der Waals surface area contributed by atoms with Gasteiger partial charge in [-0.3, -0.25) is 29.0 Å². The van der Waals surface area contributed by atoms with E-state index < -0.39 is 60.6 Å². The van der Waals surface area contributed by atoms with Crippen LogP contribution in [0.3, 0.4) is 0 Å². The van der Waals surface area contributed by atoms with Crippen LogP contribution in [0, 0.1) is 11.3 Å². The number of halogens is 2. The summed E-state index contributed by atoms with van der Waals surface area (Å²) in [5.41, 5.74) is 1.37. The molecule has 1 N–H and O–H groups in total. The van der Waals surface area contributed by atoms with Gasteiger partial charge in [0.25, 0.3) is 23.6 Å². The van der Waals surface area contributed by atoms with Crippen molar-refractivity contribution in [1.29, 1.82) is 5.26 Å². The smallest absolute Gasteiger partial charge is 0.333 e. The monoisotopic (exact) mass is 560 g/mol. The molecule has 1 aromatic rings. The third-order valence-electron chi connectivity index (χ3n) is 6.83. The number of carbonyl (C=O) groups excluding carboxylic acids is 6. The van der Waals surface area contributed by atoms with Crippen LogP contribution in [-0.2, 0) is 41.8 Å². The van der Waals surface area contributed by atoms with Crippen LogP contribution in [0.2, 0.25) is 0 Å². The minimum absolute atomic E-state index is 0.0331. The van der Waals surface area contributed by atoms with Gasteiger partial charge >= 0.3 is 5.97 Å². The Morgan fingerprint density at radius 2 is 1.90 bits per heavy atom. The highest BCUT2D eigenvalue weighted by Crippen LogP contribution is 2.32. The van der Waals surface area contributed by atoms with Gasteiger partial charge < -0.3 is 20.0 Å². The van der Waals surface area contributed by atoms with Crippen molar-refractivity contribution in [1.82, 2.24) is 25.2 Å². The molecule has 2 saturated heterocycles. The minimum Gasteiger partial charge on any atom is -0.340 e. The summed E-state index contributed by atoms with van der Waals surface area (Å²) in [5, 5.41) is 12.0. The lowest BCUT2D eigenvalue weighted by Gasteiger charge is -2.28. The Morgan fingerprint density at radius 3 is 2.58 bits per heavy atom. The van der Waals surface area contributed by atoms with E-state index in [-0.39, 0.29) is 50.2 Å². The maximum absolute atomic E-state index is 13.7. The first-order valence-electron chi connectivity index (χ1n) is 12.6. The second-order valence-electron chi connectivity index (χ2n) is 9.81. The Labute approximate surface area is 227 Å². The van der Waals surface area contributed by atoms with Gasteiger partial charge in [0.1, 0.15) is 12.1 Å². The van der Waals surface area contributed by atoms with Crippen molar-refractivity contribution in [3.05, 3.63) is 29.1 Å². The van der Waals surface area contributed by atoms with E-state index in [0.29, 0.717) is 22.7 Å². The molecule has 0 unspecified atom stereocenters. The topological polar surface area (TPSA) is 170 Å². The van der Waals surface area contributed by atoms with Crippen LogP contribution in [0.25, 0.3) is 0 Å². The highest BCUT2D eigenvalue weighted by Gasteiger charge is 2.48. The van der Waals surface area contributed by atoms with Crippen molar-refractivity contribution < 1.29 is 42.4 Å². The Kier molecular flexibility index (Phi) is 8.08. The predicted octanol–water partition coefficient (Wildman–Crippen LogP) is 0.232. The molecule has 3 aliphatic heterocycles. The minimum atomic E-state index is -3.17. The van der Waals surface area contributed by atoms with Crippen LogP contribution in [-0.4, -0.2) is 86.4 Å². The lowest BCUT2D eigenvalue weighted by Crippen LogP contribution is -2.48. The zero-order valence-corrected chi connectivity index (χ0v) is 21.5. The summed E-state index contributed by atoms with van der Waals surface area (Å²) < 4.78 is 27.4. The van der Waals surface area contributed by atoms with E-state index in [9.17, 15) is 37.5 Å². The SMILES string of the molecule is C[C@@H](NC(=O)c1cnc2c(c1)CCN(C(=O)CCC(=O)ON1C(=O)CCC1=O)C2)C(=O)N1CC(F)(F)C[C@H]1C#N. The van der Waals surface area contributed by atoms with Crippen LogP contribution in [0.5, 0.6) is 0 Å². The molecule has 0 radical (unpaired) electrons. The van der Waals surface area contributed by atoms with E-state index in [1.165, 1.54) is 18.0 Å². The maximum atomic E-state index is 13.7. The fourth-order valence-electron chi connectivity index (χ4n) is 4.68. The fraction of sp³-hybridized carbons (Fsp3) is 0.520. The number of hydrogen-bond donors (Lipinski definition) is 1. The van der Waals surface area contributed by atoms with E-state index in [2.05, 4.69) is 10.3 Å².